The minimum atomic E-state index is -0.186. The second kappa shape index (κ2) is 7.16. The Bertz CT molecular complexity index is 782. The summed E-state index contributed by atoms with van der Waals surface area (Å²) >= 11 is 0. The Hall–Kier alpha value is -2.27. The number of carbonyl (C=O) groups is 1. The van der Waals surface area contributed by atoms with Crippen LogP contribution in [0.5, 0.6) is 0 Å². The van der Waals surface area contributed by atoms with E-state index in [2.05, 4.69) is 9.88 Å². The van der Waals surface area contributed by atoms with Crippen LogP contribution in [-0.4, -0.2) is 45.9 Å². The monoisotopic (exact) mass is 353 g/mol. The largest absolute Gasteiger partial charge is 0.337 e. The molecule has 1 spiro atoms. The van der Waals surface area contributed by atoms with E-state index in [0.717, 1.165) is 57.4 Å². The van der Waals surface area contributed by atoms with E-state index in [1.807, 2.05) is 11.0 Å². The van der Waals surface area contributed by atoms with Crippen LogP contribution in [0.25, 0.3) is 0 Å². The molecule has 2 aromatic rings. The quantitative estimate of drug-likeness (QED) is 0.847. The van der Waals surface area contributed by atoms with E-state index in [9.17, 15) is 9.18 Å². The number of hydrogen-bond donors (Lipinski definition) is 0. The number of piperidine rings is 1. The summed E-state index contributed by atoms with van der Waals surface area (Å²) in [4.78, 5) is 21.3. The zero-order valence-corrected chi connectivity index (χ0v) is 14.9. The molecule has 1 amide bonds. The topological polar surface area (TPSA) is 36.4 Å². The van der Waals surface area contributed by atoms with Crippen molar-refractivity contribution in [2.24, 2.45) is 0 Å². The summed E-state index contributed by atoms with van der Waals surface area (Å²) in [5, 5.41) is 0. The maximum Gasteiger partial charge on any atom is 0.254 e. The summed E-state index contributed by atoms with van der Waals surface area (Å²) in [5.41, 5.74) is 1.73. The molecule has 0 bridgehead atoms. The molecule has 136 valence electrons. The molecule has 0 saturated carbocycles. The summed E-state index contributed by atoms with van der Waals surface area (Å²) < 4.78 is 13.6. The molecular weight excluding hydrogens is 329 g/mol. The van der Waals surface area contributed by atoms with Crippen molar-refractivity contribution in [2.45, 2.75) is 37.8 Å². The maximum absolute atomic E-state index is 13.6. The van der Waals surface area contributed by atoms with Gasteiger partial charge in [0, 0.05) is 43.1 Å². The van der Waals surface area contributed by atoms with Crippen molar-refractivity contribution in [3.63, 3.8) is 0 Å². The van der Waals surface area contributed by atoms with Gasteiger partial charge >= 0.3 is 0 Å². The van der Waals surface area contributed by atoms with E-state index < -0.39 is 0 Å². The summed E-state index contributed by atoms with van der Waals surface area (Å²) in [7, 11) is 0. The van der Waals surface area contributed by atoms with Crippen molar-refractivity contribution in [2.75, 3.05) is 19.6 Å². The van der Waals surface area contributed by atoms with Crippen LogP contribution in [0, 0.1) is 5.82 Å². The van der Waals surface area contributed by atoms with Gasteiger partial charge in [-0.3, -0.25) is 14.7 Å². The Morgan fingerprint density at radius 2 is 1.88 bits per heavy atom. The second-order valence-electron chi connectivity index (χ2n) is 7.45. The fourth-order valence-corrected chi connectivity index (χ4v) is 4.52. The third kappa shape index (κ3) is 3.36. The summed E-state index contributed by atoms with van der Waals surface area (Å²) in [6.07, 6.45) is 7.67. The van der Waals surface area contributed by atoms with Crippen molar-refractivity contribution in [1.29, 1.82) is 0 Å². The lowest BCUT2D eigenvalue weighted by atomic mass is 9.86. The lowest BCUT2D eigenvalue weighted by molar-refractivity contribution is 0.0296. The van der Waals surface area contributed by atoms with Crippen LogP contribution in [0.3, 0.4) is 0 Å². The number of nitrogens with zero attached hydrogens (tertiary/aromatic N) is 3. The Morgan fingerprint density at radius 3 is 2.65 bits per heavy atom. The van der Waals surface area contributed by atoms with Gasteiger partial charge in [-0.2, -0.15) is 0 Å². The molecule has 5 heteroatoms. The number of hydrogen-bond acceptors (Lipinski definition) is 3. The van der Waals surface area contributed by atoms with Gasteiger partial charge in [0.05, 0.1) is 0 Å². The first kappa shape index (κ1) is 17.2. The van der Waals surface area contributed by atoms with Crippen molar-refractivity contribution in [3.05, 3.63) is 65.7 Å². The Balaban J connectivity index is 1.52. The highest BCUT2D eigenvalue weighted by molar-refractivity contribution is 5.94. The van der Waals surface area contributed by atoms with Crippen LogP contribution in [0.2, 0.25) is 0 Å². The van der Waals surface area contributed by atoms with Gasteiger partial charge in [0.2, 0.25) is 0 Å². The van der Waals surface area contributed by atoms with Gasteiger partial charge in [0.1, 0.15) is 5.82 Å². The van der Waals surface area contributed by atoms with Gasteiger partial charge < -0.3 is 4.90 Å². The average Bonchev–Trinajstić information content (AvgIpc) is 3.03. The van der Waals surface area contributed by atoms with Crippen LogP contribution < -0.4 is 0 Å². The highest BCUT2D eigenvalue weighted by atomic mass is 19.1. The molecule has 0 aliphatic carbocycles. The highest BCUT2D eigenvalue weighted by Crippen LogP contribution is 2.38. The SMILES string of the molecule is O=C(c1ccncc1)N1CCCC2(CCCN2Cc2cccc(F)c2)C1. The molecule has 2 aliphatic heterocycles. The Labute approximate surface area is 153 Å². The van der Waals surface area contributed by atoms with E-state index in [0.29, 0.717) is 5.56 Å². The summed E-state index contributed by atoms with van der Waals surface area (Å²) in [5.74, 6) is -0.0991. The summed E-state index contributed by atoms with van der Waals surface area (Å²) in [6.45, 7) is 3.31. The molecule has 1 atom stereocenters. The predicted molar refractivity (Wildman–Crippen MR) is 98.1 cm³/mol. The molecule has 4 rings (SSSR count). The molecule has 2 fully saturated rings. The van der Waals surface area contributed by atoms with Gasteiger partial charge in [0.15, 0.2) is 0 Å². The second-order valence-corrected chi connectivity index (χ2v) is 7.45. The molecule has 4 nitrogen and oxygen atoms in total. The van der Waals surface area contributed by atoms with Gasteiger partial charge in [-0.1, -0.05) is 12.1 Å². The minimum Gasteiger partial charge on any atom is -0.337 e. The van der Waals surface area contributed by atoms with Crippen LogP contribution in [0.15, 0.2) is 48.8 Å². The fraction of sp³-hybridized carbons (Fsp3) is 0.429. The van der Waals surface area contributed by atoms with Gasteiger partial charge in [-0.05, 0) is 62.1 Å². The van der Waals surface area contributed by atoms with E-state index in [1.54, 1.807) is 36.7 Å². The van der Waals surface area contributed by atoms with E-state index in [1.165, 1.54) is 6.07 Å². The molecule has 1 unspecified atom stereocenters. The molecule has 2 aliphatic rings. The number of benzene rings is 1. The highest BCUT2D eigenvalue weighted by Gasteiger charge is 2.44. The van der Waals surface area contributed by atoms with Gasteiger partial charge in [-0.15, -0.1) is 0 Å². The predicted octanol–water partition coefficient (Wildman–Crippen LogP) is 3.49. The molecule has 26 heavy (non-hydrogen) atoms. The van der Waals surface area contributed by atoms with Crippen molar-refractivity contribution in [1.82, 2.24) is 14.8 Å². The minimum absolute atomic E-state index is 0.0211. The van der Waals surface area contributed by atoms with Crippen molar-refractivity contribution in [3.8, 4) is 0 Å². The third-order valence-corrected chi connectivity index (χ3v) is 5.77. The first-order valence-electron chi connectivity index (χ1n) is 9.35. The molecule has 1 aromatic heterocycles. The van der Waals surface area contributed by atoms with Crippen LogP contribution >= 0.6 is 0 Å². The first-order chi connectivity index (χ1) is 12.7. The van der Waals surface area contributed by atoms with Crippen LogP contribution in [-0.2, 0) is 6.54 Å². The Kier molecular flexibility index (Phi) is 4.72. The normalized spacial score (nSPS) is 23.5. The van der Waals surface area contributed by atoms with Gasteiger partial charge in [-0.25, -0.2) is 4.39 Å². The van der Waals surface area contributed by atoms with E-state index in [4.69, 9.17) is 0 Å². The number of amides is 1. The number of rotatable bonds is 3. The maximum atomic E-state index is 13.6. The van der Waals surface area contributed by atoms with E-state index >= 15 is 0 Å². The van der Waals surface area contributed by atoms with Crippen LogP contribution in [0.1, 0.15) is 41.6 Å². The zero-order valence-electron chi connectivity index (χ0n) is 14.9. The standard InChI is InChI=1S/C21H24FN3O/c22-19-5-1-4-17(14-19)15-25-13-3-9-21(25)8-2-12-24(16-21)20(26)18-6-10-23-11-7-18/h1,4-7,10-11,14H,2-3,8-9,12-13,15-16H2. The van der Waals surface area contributed by atoms with Crippen LogP contribution in [0.4, 0.5) is 4.39 Å². The zero-order chi connectivity index (χ0) is 18.0. The molecular formula is C21H24FN3O. The molecule has 2 saturated heterocycles. The molecule has 3 heterocycles. The third-order valence-electron chi connectivity index (χ3n) is 5.77. The lowest BCUT2D eigenvalue weighted by Gasteiger charge is -2.46. The number of halogens is 1. The summed E-state index contributed by atoms with van der Waals surface area (Å²) in [6, 6.07) is 10.4. The van der Waals surface area contributed by atoms with E-state index in [-0.39, 0.29) is 17.3 Å². The number of pyridine rings is 1. The fourth-order valence-electron chi connectivity index (χ4n) is 4.52. The molecule has 0 N–H and O–H groups in total. The average molecular weight is 353 g/mol. The smallest absolute Gasteiger partial charge is 0.254 e. The first-order valence-corrected chi connectivity index (χ1v) is 9.35. The lowest BCUT2D eigenvalue weighted by Crippen LogP contribution is -2.56. The number of likely N-dealkylation sites (tertiary alicyclic amines) is 2. The Morgan fingerprint density at radius 1 is 1.12 bits per heavy atom. The number of carbonyl (C=O) groups excluding carboxylic acids is 1. The number of aromatic nitrogens is 1. The van der Waals surface area contributed by atoms with Crippen molar-refractivity contribution < 1.29 is 9.18 Å². The molecule has 1 aromatic carbocycles. The van der Waals surface area contributed by atoms with Gasteiger partial charge in [0.25, 0.3) is 5.91 Å². The molecule has 0 radical (unpaired) electrons. The van der Waals surface area contributed by atoms with Crippen molar-refractivity contribution >= 4 is 5.91 Å².